The maximum absolute atomic E-state index is 11.7. The number of hydrogen-bond acceptors (Lipinski definition) is 3. The fourth-order valence-electron chi connectivity index (χ4n) is 1.32. The number of carboxylic acid groups (broad SMARTS) is 2. The number of nitrogens with one attached hydrogen (secondary N) is 1. The fourth-order valence-corrected chi connectivity index (χ4v) is 1.32. The van der Waals surface area contributed by atoms with Crippen LogP contribution in [0.15, 0.2) is 24.3 Å². The summed E-state index contributed by atoms with van der Waals surface area (Å²) in [7, 11) is 0. The van der Waals surface area contributed by atoms with E-state index in [1.54, 1.807) is 0 Å². The Labute approximate surface area is 109 Å². The highest BCUT2D eigenvalue weighted by Gasteiger charge is 2.23. The van der Waals surface area contributed by atoms with E-state index in [9.17, 15) is 14.4 Å². The number of carbonyl (C=O) groups is 3. The molecule has 19 heavy (non-hydrogen) atoms. The molecule has 0 aromatic heterocycles. The molecule has 0 bridgehead atoms. The van der Waals surface area contributed by atoms with E-state index in [2.05, 4.69) is 11.2 Å². The molecule has 6 nitrogen and oxygen atoms in total. The van der Waals surface area contributed by atoms with Crippen LogP contribution in [0.25, 0.3) is 0 Å². The molecule has 1 rings (SSSR count). The van der Waals surface area contributed by atoms with Crippen LogP contribution in [0.1, 0.15) is 22.3 Å². The van der Waals surface area contributed by atoms with Gasteiger partial charge in [-0.15, -0.1) is 0 Å². The molecule has 97 valence electrons. The number of rotatable bonds is 5. The molecule has 0 saturated heterocycles. The van der Waals surface area contributed by atoms with Crippen LogP contribution < -0.4 is 5.32 Å². The van der Waals surface area contributed by atoms with Crippen LogP contribution in [-0.2, 0) is 9.59 Å². The van der Waals surface area contributed by atoms with E-state index in [0.29, 0.717) is 5.56 Å². The van der Waals surface area contributed by atoms with Crippen molar-refractivity contribution in [3.05, 3.63) is 41.8 Å². The van der Waals surface area contributed by atoms with Gasteiger partial charge in [-0.3, -0.25) is 9.59 Å². The van der Waals surface area contributed by atoms with Crippen LogP contribution >= 0.6 is 0 Å². The highest BCUT2D eigenvalue weighted by molar-refractivity contribution is 5.97. The van der Waals surface area contributed by atoms with Gasteiger partial charge in [0.1, 0.15) is 6.04 Å². The number of carboxylic acids is 2. The molecule has 1 aromatic rings. The molecule has 3 N–H and O–H groups in total. The number of hydrogen-bond donors (Lipinski definition) is 3. The molecular formula is C13H10NO5. The first kappa shape index (κ1) is 14.3. The van der Waals surface area contributed by atoms with Crippen LogP contribution in [0.5, 0.6) is 0 Å². The monoisotopic (exact) mass is 260 g/mol. The van der Waals surface area contributed by atoms with E-state index in [-0.39, 0.29) is 5.56 Å². The number of benzene rings is 1. The minimum atomic E-state index is -1.49. The van der Waals surface area contributed by atoms with Crippen LogP contribution in [0.4, 0.5) is 0 Å². The van der Waals surface area contributed by atoms with Crippen LogP contribution in [-0.4, -0.2) is 34.1 Å². The summed E-state index contributed by atoms with van der Waals surface area (Å²) in [4.78, 5) is 33.0. The molecule has 0 aliphatic heterocycles. The molecular weight excluding hydrogens is 250 g/mol. The smallest absolute Gasteiger partial charge is 0.326 e. The minimum Gasteiger partial charge on any atom is -0.481 e. The molecule has 0 aliphatic rings. The van der Waals surface area contributed by atoms with Gasteiger partial charge in [0.05, 0.1) is 6.42 Å². The van der Waals surface area contributed by atoms with Crippen molar-refractivity contribution in [2.75, 3.05) is 0 Å². The molecule has 1 unspecified atom stereocenters. The predicted octanol–water partition coefficient (Wildman–Crippen LogP) is 0.282. The zero-order valence-corrected chi connectivity index (χ0v) is 9.71. The van der Waals surface area contributed by atoms with E-state index in [0.717, 1.165) is 0 Å². The minimum absolute atomic E-state index is 0.177. The predicted molar refractivity (Wildman–Crippen MR) is 63.8 cm³/mol. The number of carbonyl (C=O) groups excluding carboxylic acids is 1. The van der Waals surface area contributed by atoms with Crippen molar-refractivity contribution in [2.24, 2.45) is 0 Å². The van der Waals surface area contributed by atoms with E-state index >= 15 is 0 Å². The van der Waals surface area contributed by atoms with Gasteiger partial charge in [-0.05, 0) is 30.7 Å². The first-order chi connectivity index (χ1) is 8.93. The Balaban J connectivity index is 2.78. The van der Waals surface area contributed by atoms with E-state index in [1.807, 2.05) is 0 Å². The topological polar surface area (TPSA) is 104 Å². The lowest BCUT2D eigenvalue weighted by Gasteiger charge is -2.12. The zero-order chi connectivity index (χ0) is 14.4. The second-order valence-electron chi connectivity index (χ2n) is 3.66. The van der Waals surface area contributed by atoms with Gasteiger partial charge in [-0.25, -0.2) is 4.79 Å². The van der Waals surface area contributed by atoms with Gasteiger partial charge in [0.2, 0.25) is 0 Å². The fraction of sp³-hybridized carbons (Fsp3) is 0.154. The van der Waals surface area contributed by atoms with Gasteiger partial charge in [-0.1, -0.05) is 5.92 Å². The lowest BCUT2D eigenvalue weighted by atomic mass is 10.1. The second-order valence-corrected chi connectivity index (χ2v) is 3.66. The first-order valence-electron chi connectivity index (χ1n) is 5.22. The van der Waals surface area contributed by atoms with Crippen molar-refractivity contribution >= 4 is 17.8 Å². The zero-order valence-electron chi connectivity index (χ0n) is 9.71. The third kappa shape index (κ3) is 4.16. The van der Waals surface area contributed by atoms with Gasteiger partial charge < -0.3 is 15.5 Å². The van der Waals surface area contributed by atoms with E-state index in [1.165, 1.54) is 24.3 Å². The Morgan fingerprint density at radius 3 is 2.21 bits per heavy atom. The molecule has 0 spiro atoms. The summed E-state index contributed by atoms with van der Waals surface area (Å²) >= 11 is 0. The molecule has 0 aliphatic carbocycles. The summed E-state index contributed by atoms with van der Waals surface area (Å²) in [5.41, 5.74) is 0.646. The lowest BCUT2D eigenvalue weighted by Crippen LogP contribution is -2.42. The average Bonchev–Trinajstić information content (AvgIpc) is 2.37. The third-order valence-corrected chi connectivity index (χ3v) is 2.27. The summed E-state index contributed by atoms with van der Waals surface area (Å²) < 4.78 is 0. The molecule has 1 atom stereocenters. The Hall–Kier alpha value is -2.81. The Morgan fingerprint density at radius 2 is 1.79 bits per heavy atom. The van der Waals surface area contributed by atoms with Crippen molar-refractivity contribution in [2.45, 2.75) is 12.5 Å². The maximum atomic E-state index is 11.7. The SMILES string of the molecule is [C]#Cc1ccc(C(=O)NC(CC(=O)O)C(=O)O)cc1. The Bertz CT molecular complexity index is 541. The van der Waals surface area contributed by atoms with E-state index < -0.39 is 30.3 Å². The molecule has 6 heteroatoms. The summed E-state index contributed by atoms with van der Waals surface area (Å²) in [5, 5.41) is 19.4. The first-order valence-corrected chi connectivity index (χ1v) is 5.22. The maximum Gasteiger partial charge on any atom is 0.326 e. The number of amides is 1. The summed E-state index contributed by atoms with van der Waals surface area (Å²) in [6, 6.07) is 4.24. The van der Waals surface area contributed by atoms with Gasteiger partial charge in [0, 0.05) is 11.1 Å². The Kier molecular flexibility index (Phi) is 4.66. The van der Waals surface area contributed by atoms with Gasteiger partial charge in [-0.2, -0.15) is 0 Å². The highest BCUT2D eigenvalue weighted by Crippen LogP contribution is 2.04. The summed E-state index contributed by atoms with van der Waals surface area (Å²) in [6.45, 7) is 0. The molecule has 0 heterocycles. The molecule has 0 fully saturated rings. The summed E-state index contributed by atoms with van der Waals surface area (Å²) in [6.07, 6.45) is 6.17. The molecule has 0 saturated carbocycles. The van der Waals surface area contributed by atoms with Crippen LogP contribution in [0, 0.1) is 12.3 Å². The van der Waals surface area contributed by atoms with Gasteiger partial charge in [0.25, 0.3) is 5.91 Å². The van der Waals surface area contributed by atoms with E-state index in [4.69, 9.17) is 16.6 Å². The highest BCUT2D eigenvalue weighted by atomic mass is 16.4. The molecule has 1 radical (unpaired) electrons. The molecule has 1 amide bonds. The van der Waals surface area contributed by atoms with Gasteiger partial charge >= 0.3 is 11.9 Å². The van der Waals surface area contributed by atoms with Crippen LogP contribution in [0.2, 0.25) is 0 Å². The average molecular weight is 260 g/mol. The number of aliphatic carboxylic acids is 2. The largest absolute Gasteiger partial charge is 0.481 e. The quantitative estimate of drug-likeness (QED) is 0.660. The standard InChI is InChI=1S/C13H10NO5/c1-2-8-3-5-9(6-4-8)12(17)14-10(13(18)19)7-11(15)16/h3-6,10H,7H2,(H,14,17)(H,15,16)(H,18,19). The third-order valence-electron chi connectivity index (χ3n) is 2.27. The van der Waals surface area contributed by atoms with Crippen molar-refractivity contribution in [1.82, 2.24) is 5.32 Å². The normalized spacial score (nSPS) is 11.1. The molecule has 1 aromatic carbocycles. The van der Waals surface area contributed by atoms with Crippen molar-refractivity contribution in [1.29, 1.82) is 0 Å². The Morgan fingerprint density at radius 1 is 1.21 bits per heavy atom. The van der Waals surface area contributed by atoms with Crippen LogP contribution in [0.3, 0.4) is 0 Å². The lowest BCUT2D eigenvalue weighted by molar-refractivity contribution is -0.145. The van der Waals surface area contributed by atoms with Crippen molar-refractivity contribution in [3.8, 4) is 5.92 Å². The summed E-state index contributed by atoms with van der Waals surface area (Å²) in [5.74, 6) is -1.30. The second kappa shape index (κ2) is 6.21. The van der Waals surface area contributed by atoms with Crippen molar-refractivity contribution < 1.29 is 24.6 Å². The van der Waals surface area contributed by atoms with Crippen molar-refractivity contribution in [3.63, 3.8) is 0 Å². The van der Waals surface area contributed by atoms with Gasteiger partial charge in [0.15, 0.2) is 0 Å².